The van der Waals surface area contributed by atoms with E-state index in [2.05, 4.69) is 31.9 Å². The fourth-order valence-corrected chi connectivity index (χ4v) is 4.91. The van der Waals surface area contributed by atoms with Crippen LogP contribution in [-0.2, 0) is 4.74 Å². The average Bonchev–Trinajstić information content (AvgIpc) is 3.32. The van der Waals surface area contributed by atoms with Crippen LogP contribution in [0.1, 0.15) is 30.7 Å². The minimum Gasteiger partial charge on any atom is -0.379 e. The normalized spacial score (nSPS) is 29.6. The number of hydrogen-bond donors (Lipinski definition) is 1. The molecule has 4 rings (SSSR count). The first-order valence-corrected chi connectivity index (χ1v) is 9.48. The average molecular weight is 320 g/mol. The number of morpholine rings is 1. The third-order valence-corrected chi connectivity index (χ3v) is 6.29. The zero-order valence-electron chi connectivity index (χ0n) is 13.0. The summed E-state index contributed by atoms with van der Waals surface area (Å²) in [7, 11) is 0. The van der Waals surface area contributed by atoms with Crippen molar-refractivity contribution in [3.05, 3.63) is 18.0 Å². The molecule has 1 aliphatic carbocycles. The van der Waals surface area contributed by atoms with E-state index in [1.54, 1.807) is 0 Å². The molecule has 0 aromatic carbocycles. The Labute approximate surface area is 136 Å². The van der Waals surface area contributed by atoms with E-state index in [-0.39, 0.29) is 5.54 Å². The molecule has 3 heterocycles. The molecule has 1 aromatic rings. The quantitative estimate of drug-likeness (QED) is 0.895. The van der Waals surface area contributed by atoms with Gasteiger partial charge in [0.25, 0.3) is 0 Å². The van der Waals surface area contributed by atoms with Gasteiger partial charge >= 0.3 is 0 Å². The maximum atomic E-state index is 5.51. The fourth-order valence-electron chi connectivity index (χ4n) is 3.44. The molecule has 22 heavy (non-hydrogen) atoms. The van der Waals surface area contributed by atoms with Crippen LogP contribution < -0.4 is 5.32 Å². The Balaban J connectivity index is 1.40. The molecular weight excluding hydrogens is 296 g/mol. The predicted octanol–water partition coefficient (Wildman–Crippen LogP) is 1.97. The van der Waals surface area contributed by atoms with Crippen LogP contribution in [0.5, 0.6) is 0 Å². The van der Waals surface area contributed by atoms with Crippen LogP contribution in [0.2, 0.25) is 0 Å². The molecule has 5 nitrogen and oxygen atoms in total. The maximum absolute atomic E-state index is 5.51. The van der Waals surface area contributed by atoms with Gasteiger partial charge < -0.3 is 10.1 Å². The van der Waals surface area contributed by atoms with E-state index in [1.165, 1.54) is 36.3 Å². The van der Waals surface area contributed by atoms with Crippen molar-refractivity contribution in [3.63, 3.8) is 0 Å². The van der Waals surface area contributed by atoms with Crippen LogP contribution in [0.25, 0.3) is 0 Å². The van der Waals surface area contributed by atoms with E-state index in [0.717, 1.165) is 44.7 Å². The van der Waals surface area contributed by atoms with E-state index >= 15 is 0 Å². The number of aromatic nitrogens is 2. The maximum Gasteiger partial charge on any atom is 0.222 e. The first kappa shape index (κ1) is 14.7. The molecule has 1 N–H and O–H groups in total. The molecule has 1 aromatic heterocycles. The second kappa shape index (κ2) is 6.34. The molecule has 2 aliphatic heterocycles. The lowest BCUT2D eigenvalue weighted by Crippen LogP contribution is -2.57. The molecule has 0 radical (unpaired) electrons. The van der Waals surface area contributed by atoms with Gasteiger partial charge in [0.1, 0.15) is 0 Å². The van der Waals surface area contributed by atoms with Gasteiger partial charge in [-0.05, 0) is 36.5 Å². The summed E-state index contributed by atoms with van der Waals surface area (Å²) in [6.07, 6.45) is 7.83. The second-order valence-corrected chi connectivity index (χ2v) is 7.70. The number of nitrogens with one attached hydrogen (secondary N) is 1. The third kappa shape index (κ3) is 3.09. The Morgan fingerprint density at radius 3 is 2.68 bits per heavy atom. The van der Waals surface area contributed by atoms with E-state index in [9.17, 15) is 0 Å². The smallest absolute Gasteiger partial charge is 0.222 e. The van der Waals surface area contributed by atoms with Gasteiger partial charge in [-0.25, -0.2) is 9.97 Å². The van der Waals surface area contributed by atoms with Crippen molar-refractivity contribution in [2.45, 2.75) is 30.7 Å². The van der Waals surface area contributed by atoms with Crippen LogP contribution in [0, 0.1) is 0 Å². The van der Waals surface area contributed by atoms with Gasteiger partial charge in [-0.3, -0.25) is 4.90 Å². The minimum atomic E-state index is 0.243. The summed E-state index contributed by atoms with van der Waals surface area (Å²) in [4.78, 5) is 11.6. The number of rotatable bonds is 5. The van der Waals surface area contributed by atoms with Crippen molar-refractivity contribution >= 4 is 17.7 Å². The second-order valence-electron chi connectivity index (χ2n) is 6.59. The highest BCUT2D eigenvalue weighted by Gasteiger charge is 2.40. The van der Waals surface area contributed by atoms with Crippen molar-refractivity contribution in [3.8, 4) is 0 Å². The number of hydrogen-bond acceptors (Lipinski definition) is 6. The summed E-state index contributed by atoms with van der Waals surface area (Å²) >= 11 is 2.06. The third-order valence-electron chi connectivity index (χ3n) is 5.06. The van der Waals surface area contributed by atoms with Crippen LogP contribution >= 0.6 is 11.8 Å². The van der Waals surface area contributed by atoms with Crippen molar-refractivity contribution < 1.29 is 4.74 Å². The van der Waals surface area contributed by atoms with E-state index < -0.39 is 0 Å². The first-order valence-electron chi connectivity index (χ1n) is 8.32. The highest BCUT2D eigenvalue weighted by atomic mass is 32.2. The van der Waals surface area contributed by atoms with Gasteiger partial charge in [-0.2, -0.15) is 11.8 Å². The van der Waals surface area contributed by atoms with E-state index in [0.29, 0.717) is 0 Å². The molecule has 1 saturated carbocycles. The lowest BCUT2D eigenvalue weighted by molar-refractivity contribution is -0.00925. The molecule has 1 unspecified atom stereocenters. The molecule has 2 saturated heterocycles. The van der Waals surface area contributed by atoms with E-state index in [1.807, 2.05) is 12.4 Å². The Hall–Kier alpha value is -0.850. The van der Waals surface area contributed by atoms with Crippen molar-refractivity contribution in [1.82, 2.24) is 14.9 Å². The summed E-state index contributed by atoms with van der Waals surface area (Å²) in [6.45, 7) is 4.74. The summed E-state index contributed by atoms with van der Waals surface area (Å²) in [6, 6.07) is 0. The Bertz CT molecular complexity index is 493. The van der Waals surface area contributed by atoms with E-state index in [4.69, 9.17) is 4.74 Å². The molecule has 0 spiro atoms. The van der Waals surface area contributed by atoms with Gasteiger partial charge in [0.2, 0.25) is 5.95 Å². The molecule has 0 amide bonds. The SMILES string of the molecule is c1nc(NCC2(N3CCOCC3)CCSC2)ncc1C1CC1. The summed E-state index contributed by atoms with van der Waals surface area (Å²) in [5.41, 5.74) is 1.54. The zero-order chi connectivity index (χ0) is 14.8. The van der Waals surface area contributed by atoms with Gasteiger partial charge in [0.15, 0.2) is 0 Å². The molecule has 6 heteroatoms. The van der Waals surface area contributed by atoms with Crippen LogP contribution in [0.3, 0.4) is 0 Å². The summed E-state index contributed by atoms with van der Waals surface area (Å²) in [5.74, 6) is 3.94. The Morgan fingerprint density at radius 1 is 1.27 bits per heavy atom. The molecular formula is C16H24N4OS. The van der Waals surface area contributed by atoms with Crippen molar-refractivity contribution in [2.75, 3.05) is 49.7 Å². The standard InChI is InChI=1S/C16H24N4OS/c1-2-13(1)14-9-17-15(18-10-14)19-11-16(3-8-22-12-16)20-4-6-21-7-5-20/h9-10,13H,1-8,11-12H2,(H,17,18,19). The molecule has 3 fully saturated rings. The highest BCUT2D eigenvalue weighted by molar-refractivity contribution is 7.99. The molecule has 1 atom stereocenters. The van der Waals surface area contributed by atoms with Gasteiger partial charge in [-0.1, -0.05) is 0 Å². The van der Waals surface area contributed by atoms with Gasteiger partial charge in [-0.15, -0.1) is 0 Å². The largest absolute Gasteiger partial charge is 0.379 e. The van der Waals surface area contributed by atoms with Crippen LogP contribution in [0.15, 0.2) is 12.4 Å². The number of nitrogens with zero attached hydrogens (tertiary/aromatic N) is 3. The van der Waals surface area contributed by atoms with Crippen molar-refractivity contribution in [2.24, 2.45) is 0 Å². The van der Waals surface area contributed by atoms with Crippen molar-refractivity contribution in [1.29, 1.82) is 0 Å². The molecule has 0 bridgehead atoms. The first-order chi connectivity index (χ1) is 10.9. The lowest BCUT2D eigenvalue weighted by atomic mass is 9.95. The van der Waals surface area contributed by atoms with Gasteiger partial charge in [0.05, 0.1) is 13.2 Å². The topological polar surface area (TPSA) is 50.3 Å². The monoisotopic (exact) mass is 320 g/mol. The van der Waals surface area contributed by atoms with Crippen LogP contribution in [0.4, 0.5) is 5.95 Å². The van der Waals surface area contributed by atoms with Gasteiger partial charge in [0, 0.05) is 43.3 Å². The minimum absolute atomic E-state index is 0.243. The predicted molar refractivity (Wildman–Crippen MR) is 89.6 cm³/mol. The number of ether oxygens (including phenoxy) is 1. The number of anilines is 1. The fraction of sp³-hybridized carbons (Fsp3) is 0.750. The highest BCUT2D eigenvalue weighted by Crippen LogP contribution is 2.39. The lowest BCUT2D eigenvalue weighted by Gasteiger charge is -2.43. The Morgan fingerprint density at radius 2 is 2.05 bits per heavy atom. The van der Waals surface area contributed by atoms with Crippen LogP contribution in [-0.4, -0.2) is 64.8 Å². The zero-order valence-corrected chi connectivity index (χ0v) is 13.8. The molecule has 120 valence electrons. The Kier molecular flexibility index (Phi) is 4.24. The summed E-state index contributed by atoms with van der Waals surface area (Å²) in [5, 5.41) is 3.49. The summed E-state index contributed by atoms with van der Waals surface area (Å²) < 4.78 is 5.51. The number of thioether (sulfide) groups is 1. The molecule has 3 aliphatic rings.